The van der Waals surface area contributed by atoms with Crippen molar-refractivity contribution in [2.75, 3.05) is 0 Å². The van der Waals surface area contributed by atoms with Crippen molar-refractivity contribution in [1.82, 2.24) is 14.8 Å². The van der Waals surface area contributed by atoms with Crippen LogP contribution in [0, 0.1) is 0 Å². The van der Waals surface area contributed by atoms with E-state index in [0.717, 1.165) is 22.4 Å². The van der Waals surface area contributed by atoms with Gasteiger partial charge in [-0.05, 0) is 37.1 Å². The number of hydrogen-bond acceptors (Lipinski definition) is 4. The Hall–Kier alpha value is -2.27. The molecule has 0 atom stereocenters. The summed E-state index contributed by atoms with van der Waals surface area (Å²) in [4.78, 5) is 0. The third kappa shape index (κ3) is 3.31. The molecule has 4 nitrogen and oxygen atoms in total. The summed E-state index contributed by atoms with van der Waals surface area (Å²) >= 11 is 1.83. The van der Waals surface area contributed by atoms with Crippen LogP contribution in [0.25, 0.3) is 5.69 Å². The lowest BCUT2D eigenvalue weighted by molar-refractivity contribution is 0.293. The molecule has 4 rings (SSSR count). The third-order valence-corrected chi connectivity index (χ3v) is 5.43. The number of aromatic nitrogens is 3. The normalized spacial score (nSPS) is 14.3. The van der Waals surface area contributed by atoms with Gasteiger partial charge < -0.3 is 4.74 Å². The fourth-order valence-corrected chi connectivity index (χ4v) is 3.88. The molecule has 2 aromatic carbocycles. The first-order chi connectivity index (χ1) is 11.9. The number of nitrogens with zero attached hydrogens (tertiary/aromatic N) is 3. The first-order valence-electron chi connectivity index (χ1n) is 8.24. The second-order valence-electron chi connectivity index (χ2n) is 5.84. The summed E-state index contributed by atoms with van der Waals surface area (Å²) in [6, 6.07) is 20.1. The summed E-state index contributed by atoms with van der Waals surface area (Å²) in [6.45, 7) is 0.400. The highest BCUT2D eigenvalue weighted by atomic mass is 32.2. The Kier molecular flexibility index (Phi) is 4.51. The second-order valence-corrected chi connectivity index (χ2v) is 7.11. The first-order valence-corrected chi connectivity index (χ1v) is 9.12. The summed E-state index contributed by atoms with van der Waals surface area (Å²) in [7, 11) is 0. The standard InChI is InChI=1S/C19H19N3OS/c1-3-8-15(9-4-1)22-18(14-23-16-10-5-2-6-11-16)20-21-19(22)24-17-12-7-13-17/h1-6,8-11,17H,7,12-14H2. The minimum absolute atomic E-state index is 0.400. The van der Waals surface area contributed by atoms with Crippen LogP contribution in [0.5, 0.6) is 5.75 Å². The van der Waals surface area contributed by atoms with E-state index in [9.17, 15) is 0 Å². The molecule has 0 aliphatic heterocycles. The van der Waals surface area contributed by atoms with E-state index in [0.29, 0.717) is 11.9 Å². The van der Waals surface area contributed by atoms with Gasteiger partial charge in [0.2, 0.25) is 0 Å². The van der Waals surface area contributed by atoms with Crippen LogP contribution in [-0.4, -0.2) is 20.0 Å². The van der Waals surface area contributed by atoms with Crippen molar-refractivity contribution in [1.29, 1.82) is 0 Å². The average Bonchev–Trinajstić information content (AvgIpc) is 3.01. The molecule has 0 unspecified atom stereocenters. The van der Waals surface area contributed by atoms with Gasteiger partial charge in [-0.1, -0.05) is 54.6 Å². The van der Waals surface area contributed by atoms with E-state index in [1.54, 1.807) is 0 Å². The SMILES string of the molecule is c1ccc(OCc2nnc(SC3CCC3)n2-c2ccccc2)cc1. The van der Waals surface area contributed by atoms with E-state index in [1.165, 1.54) is 19.3 Å². The van der Waals surface area contributed by atoms with Crippen LogP contribution in [0.1, 0.15) is 25.1 Å². The summed E-state index contributed by atoms with van der Waals surface area (Å²) in [5.74, 6) is 1.67. The molecule has 0 radical (unpaired) electrons. The van der Waals surface area contributed by atoms with Crippen molar-refractivity contribution >= 4 is 11.8 Å². The molecule has 1 heterocycles. The van der Waals surface area contributed by atoms with Gasteiger partial charge in [0.15, 0.2) is 11.0 Å². The van der Waals surface area contributed by atoms with E-state index in [1.807, 2.05) is 60.3 Å². The Labute approximate surface area is 145 Å². The molecule has 24 heavy (non-hydrogen) atoms. The molecular formula is C19H19N3OS. The van der Waals surface area contributed by atoms with Crippen molar-refractivity contribution in [3.63, 3.8) is 0 Å². The van der Waals surface area contributed by atoms with Crippen LogP contribution < -0.4 is 4.74 Å². The zero-order valence-electron chi connectivity index (χ0n) is 13.3. The number of benzene rings is 2. The zero-order chi connectivity index (χ0) is 16.2. The minimum atomic E-state index is 0.400. The largest absolute Gasteiger partial charge is 0.486 e. The van der Waals surface area contributed by atoms with Crippen molar-refractivity contribution in [3.05, 3.63) is 66.5 Å². The van der Waals surface area contributed by atoms with Gasteiger partial charge in [0.1, 0.15) is 12.4 Å². The molecule has 0 saturated heterocycles. The van der Waals surface area contributed by atoms with Gasteiger partial charge in [-0.3, -0.25) is 4.57 Å². The number of thioether (sulfide) groups is 1. The van der Waals surface area contributed by atoms with Gasteiger partial charge in [0.05, 0.1) is 0 Å². The number of para-hydroxylation sites is 2. The summed E-state index contributed by atoms with van der Waals surface area (Å²) < 4.78 is 8.00. The molecule has 122 valence electrons. The number of hydrogen-bond donors (Lipinski definition) is 0. The van der Waals surface area contributed by atoms with E-state index in [2.05, 4.69) is 26.9 Å². The Morgan fingerprint density at radius 2 is 1.67 bits per heavy atom. The van der Waals surface area contributed by atoms with Crippen molar-refractivity contribution < 1.29 is 4.74 Å². The summed E-state index contributed by atoms with van der Waals surface area (Å²) in [5.41, 5.74) is 1.08. The number of ether oxygens (including phenoxy) is 1. The number of rotatable bonds is 6. The molecule has 0 spiro atoms. The van der Waals surface area contributed by atoms with E-state index in [4.69, 9.17) is 4.74 Å². The molecule has 1 saturated carbocycles. The minimum Gasteiger partial charge on any atom is -0.486 e. The maximum atomic E-state index is 5.88. The third-order valence-electron chi connectivity index (χ3n) is 4.15. The second kappa shape index (κ2) is 7.09. The van der Waals surface area contributed by atoms with Crippen LogP contribution in [0.4, 0.5) is 0 Å². The van der Waals surface area contributed by atoms with Gasteiger partial charge in [0.25, 0.3) is 0 Å². The molecular weight excluding hydrogens is 318 g/mol. The Balaban J connectivity index is 1.60. The van der Waals surface area contributed by atoms with E-state index < -0.39 is 0 Å². The summed E-state index contributed by atoms with van der Waals surface area (Å²) in [5, 5.41) is 10.4. The quantitative estimate of drug-likeness (QED) is 0.664. The van der Waals surface area contributed by atoms with Gasteiger partial charge in [0, 0.05) is 10.9 Å². The molecule has 0 N–H and O–H groups in total. The summed E-state index contributed by atoms with van der Waals surface area (Å²) in [6.07, 6.45) is 3.85. The van der Waals surface area contributed by atoms with Crippen LogP contribution in [0.3, 0.4) is 0 Å². The van der Waals surface area contributed by atoms with Gasteiger partial charge >= 0.3 is 0 Å². The molecule has 3 aromatic rings. The molecule has 0 bridgehead atoms. The molecule has 0 amide bonds. The lowest BCUT2D eigenvalue weighted by Gasteiger charge is -2.24. The predicted molar refractivity (Wildman–Crippen MR) is 95.6 cm³/mol. The van der Waals surface area contributed by atoms with E-state index >= 15 is 0 Å². The molecule has 5 heteroatoms. The highest BCUT2D eigenvalue weighted by Crippen LogP contribution is 2.36. The molecule has 1 aliphatic rings. The van der Waals surface area contributed by atoms with Crippen molar-refractivity contribution in [3.8, 4) is 11.4 Å². The fraction of sp³-hybridized carbons (Fsp3) is 0.263. The topological polar surface area (TPSA) is 39.9 Å². The van der Waals surface area contributed by atoms with Gasteiger partial charge in [-0.2, -0.15) is 0 Å². The zero-order valence-corrected chi connectivity index (χ0v) is 14.2. The van der Waals surface area contributed by atoms with Crippen LogP contribution in [-0.2, 0) is 6.61 Å². The first kappa shape index (κ1) is 15.3. The Morgan fingerprint density at radius 1 is 0.958 bits per heavy atom. The average molecular weight is 337 g/mol. The highest BCUT2D eigenvalue weighted by molar-refractivity contribution is 7.99. The molecule has 1 fully saturated rings. The molecule has 1 aromatic heterocycles. The lowest BCUT2D eigenvalue weighted by atomic mass is 10.0. The highest BCUT2D eigenvalue weighted by Gasteiger charge is 2.23. The smallest absolute Gasteiger partial charge is 0.196 e. The predicted octanol–water partition coefficient (Wildman–Crippen LogP) is 4.49. The molecule has 1 aliphatic carbocycles. The van der Waals surface area contributed by atoms with Crippen molar-refractivity contribution in [2.45, 2.75) is 36.3 Å². The van der Waals surface area contributed by atoms with E-state index in [-0.39, 0.29) is 0 Å². The Morgan fingerprint density at radius 3 is 2.33 bits per heavy atom. The van der Waals surface area contributed by atoms with Gasteiger partial charge in [-0.15, -0.1) is 10.2 Å². The lowest BCUT2D eigenvalue weighted by Crippen LogP contribution is -2.14. The van der Waals surface area contributed by atoms with Crippen LogP contribution in [0.2, 0.25) is 0 Å². The fourth-order valence-electron chi connectivity index (χ4n) is 2.61. The van der Waals surface area contributed by atoms with Crippen LogP contribution >= 0.6 is 11.8 Å². The maximum absolute atomic E-state index is 5.88. The maximum Gasteiger partial charge on any atom is 0.196 e. The van der Waals surface area contributed by atoms with Gasteiger partial charge in [-0.25, -0.2) is 0 Å². The van der Waals surface area contributed by atoms with Crippen LogP contribution in [0.15, 0.2) is 65.8 Å². The monoisotopic (exact) mass is 337 g/mol. The van der Waals surface area contributed by atoms with Crippen molar-refractivity contribution in [2.24, 2.45) is 0 Å². The Bertz CT molecular complexity index is 785.